The van der Waals surface area contributed by atoms with Crippen LogP contribution in [0.3, 0.4) is 0 Å². The Bertz CT molecular complexity index is 609. The van der Waals surface area contributed by atoms with E-state index in [0.29, 0.717) is 5.82 Å². The summed E-state index contributed by atoms with van der Waals surface area (Å²) in [6, 6.07) is 8.86. The molecule has 2 aromatic rings. The first-order chi connectivity index (χ1) is 9.35. The predicted octanol–water partition coefficient (Wildman–Crippen LogP) is 4.36. The van der Waals surface area contributed by atoms with Gasteiger partial charge in [0, 0.05) is 11.6 Å². The van der Waals surface area contributed by atoms with Crippen molar-refractivity contribution in [3.63, 3.8) is 0 Å². The summed E-state index contributed by atoms with van der Waals surface area (Å²) in [5.41, 5.74) is -0.157. The van der Waals surface area contributed by atoms with E-state index >= 15 is 0 Å². The van der Waals surface area contributed by atoms with Crippen LogP contribution in [0, 0.1) is 11.6 Å². The third-order valence-electron chi connectivity index (χ3n) is 2.36. The van der Waals surface area contributed by atoms with Gasteiger partial charge in [0.2, 0.25) is 11.7 Å². The summed E-state index contributed by atoms with van der Waals surface area (Å²) in [4.78, 5) is 4.20. The van der Waals surface area contributed by atoms with Crippen molar-refractivity contribution in [1.82, 2.24) is 4.98 Å². The number of halogens is 2. The summed E-state index contributed by atoms with van der Waals surface area (Å²) in [6.45, 7) is 5.98. The van der Waals surface area contributed by atoms with Crippen molar-refractivity contribution in [1.29, 1.82) is 0 Å². The van der Waals surface area contributed by atoms with Crippen LogP contribution in [0.4, 0.5) is 14.6 Å². The topological polar surface area (TPSA) is 34.1 Å². The minimum atomic E-state index is -1.02. The van der Waals surface area contributed by atoms with E-state index in [1.165, 1.54) is 12.1 Å². The van der Waals surface area contributed by atoms with E-state index in [0.717, 1.165) is 6.07 Å². The van der Waals surface area contributed by atoms with Crippen molar-refractivity contribution in [3.8, 4) is 11.6 Å². The second-order valence-corrected chi connectivity index (χ2v) is 5.39. The third-order valence-corrected chi connectivity index (χ3v) is 2.36. The molecule has 0 aliphatic carbocycles. The molecule has 2 rings (SSSR count). The number of hydrogen-bond donors (Lipinski definition) is 1. The number of hydrogen-bond acceptors (Lipinski definition) is 3. The second-order valence-electron chi connectivity index (χ2n) is 5.39. The van der Waals surface area contributed by atoms with E-state index in [4.69, 9.17) is 4.74 Å². The standard InChI is InChI=1S/C15H16F2N2O/c1-15(2,3)19-12-8-5-9-13(18-12)20-11-7-4-6-10(16)14(11)17/h4-9H,1-3H3,(H,18,19). The number of pyridine rings is 1. The Morgan fingerprint density at radius 3 is 2.45 bits per heavy atom. The van der Waals surface area contributed by atoms with Crippen LogP contribution >= 0.6 is 0 Å². The normalized spacial score (nSPS) is 11.2. The maximum atomic E-state index is 13.5. The van der Waals surface area contributed by atoms with Crippen molar-refractivity contribution < 1.29 is 13.5 Å². The zero-order valence-electron chi connectivity index (χ0n) is 11.6. The first-order valence-corrected chi connectivity index (χ1v) is 6.22. The summed E-state index contributed by atoms with van der Waals surface area (Å²) in [5.74, 6) is -1.36. The maximum absolute atomic E-state index is 13.5. The number of ether oxygens (including phenoxy) is 1. The van der Waals surface area contributed by atoms with Crippen LogP contribution in [0.25, 0.3) is 0 Å². The molecule has 106 valence electrons. The zero-order valence-corrected chi connectivity index (χ0v) is 11.6. The van der Waals surface area contributed by atoms with E-state index in [9.17, 15) is 8.78 Å². The molecular weight excluding hydrogens is 262 g/mol. The predicted molar refractivity (Wildman–Crippen MR) is 74.0 cm³/mol. The molecular formula is C15H16F2N2O. The molecule has 0 bridgehead atoms. The van der Waals surface area contributed by atoms with E-state index in [1.807, 2.05) is 20.8 Å². The van der Waals surface area contributed by atoms with Gasteiger partial charge in [-0.05, 0) is 39.0 Å². The van der Waals surface area contributed by atoms with Crippen molar-refractivity contribution >= 4 is 5.82 Å². The van der Waals surface area contributed by atoms with E-state index in [-0.39, 0.29) is 17.2 Å². The average molecular weight is 278 g/mol. The molecule has 0 atom stereocenters. The minimum absolute atomic E-state index is 0.157. The van der Waals surface area contributed by atoms with Gasteiger partial charge in [0.05, 0.1) is 0 Å². The summed E-state index contributed by atoms with van der Waals surface area (Å²) < 4.78 is 31.9. The molecule has 3 nitrogen and oxygen atoms in total. The summed E-state index contributed by atoms with van der Waals surface area (Å²) in [5, 5.41) is 3.17. The van der Waals surface area contributed by atoms with Gasteiger partial charge in [-0.15, -0.1) is 0 Å². The maximum Gasteiger partial charge on any atom is 0.221 e. The Kier molecular flexibility index (Phi) is 3.88. The van der Waals surface area contributed by atoms with Crippen LogP contribution in [-0.4, -0.2) is 10.5 Å². The Morgan fingerprint density at radius 2 is 1.75 bits per heavy atom. The molecule has 0 unspecified atom stereocenters. The van der Waals surface area contributed by atoms with Gasteiger partial charge in [-0.1, -0.05) is 12.1 Å². The quantitative estimate of drug-likeness (QED) is 0.905. The molecule has 0 aliphatic rings. The van der Waals surface area contributed by atoms with Crippen LogP contribution in [-0.2, 0) is 0 Å². The SMILES string of the molecule is CC(C)(C)Nc1cccc(Oc2cccc(F)c2F)n1. The molecule has 0 spiro atoms. The van der Waals surface area contributed by atoms with E-state index in [1.54, 1.807) is 18.2 Å². The largest absolute Gasteiger partial charge is 0.436 e. The number of aromatic nitrogens is 1. The second kappa shape index (κ2) is 5.45. The fraction of sp³-hybridized carbons (Fsp3) is 0.267. The summed E-state index contributed by atoms with van der Waals surface area (Å²) in [7, 11) is 0. The van der Waals surface area contributed by atoms with Crippen LogP contribution in [0.2, 0.25) is 0 Å². The highest BCUT2D eigenvalue weighted by Crippen LogP contribution is 2.25. The lowest BCUT2D eigenvalue weighted by Crippen LogP contribution is -2.26. The molecule has 20 heavy (non-hydrogen) atoms. The van der Waals surface area contributed by atoms with Crippen molar-refractivity contribution in [2.24, 2.45) is 0 Å². The molecule has 1 aromatic carbocycles. The summed E-state index contributed by atoms with van der Waals surface area (Å²) >= 11 is 0. The minimum Gasteiger partial charge on any atom is -0.436 e. The third kappa shape index (κ3) is 3.66. The zero-order chi connectivity index (χ0) is 14.8. The monoisotopic (exact) mass is 278 g/mol. The van der Waals surface area contributed by atoms with Gasteiger partial charge in [0.25, 0.3) is 0 Å². The number of anilines is 1. The fourth-order valence-corrected chi connectivity index (χ4v) is 1.60. The molecule has 0 saturated heterocycles. The van der Waals surface area contributed by atoms with E-state index in [2.05, 4.69) is 10.3 Å². The molecule has 0 aliphatic heterocycles. The van der Waals surface area contributed by atoms with Gasteiger partial charge >= 0.3 is 0 Å². The van der Waals surface area contributed by atoms with E-state index < -0.39 is 11.6 Å². The number of benzene rings is 1. The Balaban J connectivity index is 2.22. The Labute approximate surface area is 116 Å². The number of rotatable bonds is 3. The molecule has 1 aromatic heterocycles. The van der Waals surface area contributed by atoms with Gasteiger partial charge in [0.1, 0.15) is 5.82 Å². The highest BCUT2D eigenvalue weighted by Gasteiger charge is 2.13. The Morgan fingerprint density at radius 1 is 1.05 bits per heavy atom. The molecule has 0 fully saturated rings. The molecule has 5 heteroatoms. The van der Waals surface area contributed by atoms with Gasteiger partial charge < -0.3 is 10.1 Å². The smallest absolute Gasteiger partial charge is 0.221 e. The van der Waals surface area contributed by atoms with Crippen LogP contribution in [0.1, 0.15) is 20.8 Å². The Hall–Kier alpha value is -2.17. The van der Waals surface area contributed by atoms with Crippen molar-refractivity contribution in [3.05, 3.63) is 48.0 Å². The molecule has 1 N–H and O–H groups in total. The van der Waals surface area contributed by atoms with Crippen LogP contribution < -0.4 is 10.1 Å². The highest BCUT2D eigenvalue weighted by atomic mass is 19.2. The average Bonchev–Trinajstić information content (AvgIpc) is 2.33. The van der Waals surface area contributed by atoms with Crippen LogP contribution in [0.15, 0.2) is 36.4 Å². The van der Waals surface area contributed by atoms with Gasteiger partial charge in [-0.25, -0.2) is 4.39 Å². The van der Waals surface area contributed by atoms with Gasteiger partial charge in [-0.3, -0.25) is 0 Å². The highest BCUT2D eigenvalue weighted by molar-refractivity contribution is 5.40. The van der Waals surface area contributed by atoms with Crippen molar-refractivity contribution in [2.75, 3.05) is 5.32 Å². The number of nitrogens with zero attached hydrogens (tertiary/aromatic N) is 1. The van der Waals surface area contributed by atoms with Crippen LogP contribution in [0.5, 0.6) is 11.6 Å². The lowest BCUT2D eigenvalue weighted by molar-refractivity contribution is 0.405. The molecule has 0 amide bonds. The first-order valence-electron chi connectivity index (χ1n) is 6.22. The van der Waals surface area contributed by atoms with Crippen molar-refractivity contribution in [2.45, 2.75) is 26.3 Å². The molecule has 0 radical (unpaired) electrons. The lowest BCUT2D eigenvalue weighted by Gasteiger charge is -2.21. The summed E-state index contributed by atoms with van der Waals surface area (Å²) in [6.07, 6.45) is 0. The lowest BCUT2D eigenvalue weighted by atomic mass is 10.1. The first kappa shape index (κ1) is 14.2. The fourth-order valence-electron chi connectivity index (χ4n) is 1.60. The number of nitrogens with one attached hydrogen (secondary N) is 1. The molecule has 0 saturated carbocycles. The molecule has 1 heterocycles. The van der Waals surface area contributed by atoms with Gasteiger partial charge in [-0.2, -0.15) is 9.37 Å². The van der Waals surface area contributed by atoms with Gasteiger partial charge in [0.15, 0.2) is 11.6 Å².